The molecule has 1 aliphatic rings. The highest BCUT2D eigenvalue weighted by molar-refractivity contribution is 6.69. The van der Waals surface area contributed by atoms with E-state index in [9.17, 15) is 0 Å². The molecule has 258 valence electrons. The van der Waals surface area contributed by atoms with Gasteiger partial charge in [0.25, 0.3) is 0 Å². The Labute approximate surface area is 339 Å². The van der Waals surface area contributed by atoms with Crippen LogP contribution in [-0.2, 0) is 5.41 Å². The summed E-state index contributed by atoms with van der Waals surface area (Å²) in [5.74, 6) is 2.12. The lowest BCUT2D eigenvalue weighted by Crippen LogP contribution is -2.55. The van der Waals surface area contributed by atoms with E-state index in [2.05, 4.69) is 182 Å². The second-order valence-electron chi connectivity index (χ2n) is 16.8. The molecular weight excluding hydrogens is 669 g/mol. The topological polar surface area (TPSA) is 43.6 Å². The average Bonchev–Trinajstić information content (AvgIpc) is 3.65. The molecule has 0 aliphatic heterocycles. The van der Waals surface area contributed by atoms with E-state index in [4.69, 9.17) is 15.0 Å². The molecule has 0 radical (unpaired) electrons. The van der Waals surface area contributed by atoms with Crippen molar-refractivity contribution in [3.05, 3.63) is 96.1 Å². The smallest absolute Gasteiger partial charge is 0.164 e. The van der Waals surface area contributed by atoms with Crippen LogP contribution in [0.25, 0.3) is 72.8 Å². The maximum absolute atomic E-state index is 5.36. The predicted octanol–water partition coefficient (Wildman–Crippen LogP) is -7.14. The predicted molar refractivity (Wildman–Crippen MR) is 270 cm³/mol. The van der Waals surface area contributed by atoms with Crippen LogP contribution in [0.2, 0.25) is 0 Å². The molecule has 1 aliphatic carbocycles. The first-order valence-corrected chi connectivity index (χ1v) is 19.9. The number of nitrogens with zero attached hydrogens (tertiary/aromatic N) is 4. The summed E-state index contributed by atoms with van der Waals surface area (Å²) in [6.45, 7) is 4.71. The van der Waals surface area contributed by atoms with Crippen LogP contribution in [0, 0.1) is 0 Å². The summed E-state index contributed by atoms with van der Waals surface area (Å²) < 4.78 is 2.43. The van der Waals surface area contributed by atoms with Gasteiger partial charge in [0, 0.05) is 38.6 Å². The number of hydrogen-bond donors (Lipinski definition) is 0. The molecule has 0 bridgehead atoms. The molecule has 14 heteroatoms. The van der Waals surface area contributed by atoms with Gasteiger partial charge in [-0.3, -0.25) is 0 Å². The van der Waals surface area contributed by atoms with Crippen LogP contribution in [0.1, 0.15) is 25.0 Å². The lowest BCUT2D eigenvalue weighted by Gasteiger charge is -2.22. The van der Waals surface area contributed by atoms with E-state index in [1.807, 2.05) is 0 Å². The fourth-order valence-corrected chi connectivity index (χ4v) is 9.62. The van der Waals surface area contributed by atoms with Gasteiger partial charge in [0.15, 0.2) is 17.5 Å². The third-order valence-corrected chi connectivity index (χ3v) is 13.8. The molecule has 0 fully saturated rings. The molecule has 0 unspecified atom stereocenters. The Morgan fingerprint density at radius 2 is 0.946 bits per heavy atom. The molecule has 0 amide bonds. The minimum absolute atomic E-state index is 0.104. The molecular formula is C42H40B10N4. The van der Waals surface area contributed by atoms with Crippen LogP contribution < -0.4 is 54.6 Å². The number of aromatic nitrogens is 4. The second kappa shape index (κ2) is 12.9. The highest BCUT2D eigenvalue weighted by Gasteiger charge is 2.36. The van der Waals surface area contributed by atoms with Crippen LogP contribution in [0.5, 0.6) is 0 Å². The average molecular weight is 709 g/mol. The number of para-hydroxylation sites is 1. The quantitative estimate of drug-likeness (QED) is 0.171. The van der Waals surface area contributed by atoms with Gasteiger partial charge in [0.05, 0.1) is 11.0 Å². The maximum atomic E-state index is 5.36. The molecule has 56 heavy (non-hydrogen) atoms. The van der Waals surface area contributed by atoms with E-state index in [0.29, 0.717) is 5.82 Å². The normalized spacial score (nSPS) is 13.0. The van der Waals surface area contributed by atoms with E-state index in [1.54, 1.807) is 0 Å². The SMILES string of the molecule is Bc1c(B)c(B)c(-c2nc(-c3cccc(-n4c5ccccc5c5cc6c(cc54)C(C)(C)c4ccccc4-6)c3)nc(-c3c(B)c(B)c(B)c(B)c3B)n2)c(B)c1B. The van der Waals surface area contributed by atoms with Gasteiger partial charge in [-0.25, -0.2) is 15.0 Å². The van der Waals surface area contributed by atoms with Crippen molar-refractivity contribution < 1.29 is 0 Å². The van der Waals surface area contributed by atoms with Gasteiger partial charge in [0.1, 0.15) is 78.5 Å². The van der Waals surface area contributed by atoms with Crippen LogP contribution in [-0.4, -0.2) is 98.0 Å². The maximum Gasteiger partial charge on any atom is 0.164 e. The van der Waals surface area contributed by atoms with Crippen molar-refractivity contribution in [3.63, 3.8) is 0 Å². The Bertz CT molecular complexity index is 2880. The molecule has 0 spiro atoms. The van der Waals surface area contributed by atoms with Gasteiger partial charge < -0.3 is 4.57 Å². The van der Waals surface area contributed by atoms with Gasteiger partial charge in [0.2, 0.25) is 0 Å². The van der Waals surface area contributed by atoms with Crippen LogP contribution in [0.15, 0.2) is 84.9 Å². The minimum atomic E-state index is -0.104. The fraction of sp³-hybridized carbons (Fsp3) is 0.0714. The largest absolute Gasteiger partial charge is 0.309 e. The van der Waals surface area contributed by atoms with E-state index >= 15 is 0 Å². The first-order chi connectivity index (χ1) is 26.7. The van der Waals surface area contributed by atoms with E-state index in [-0.39, 0.29) is 5.41 Å². The summed E-state index contributed by atoms with van der Waals surface area (Å²) in [5.41, 5.74) is 24.6. The Morgan fingerprint density at radius 1 is 0.429 bits per heavy atom. The molecule has 6 aromatic carbocycles. The van der Waals surface area contributed by atoms with Crippen LogP contribution in [0.4, 0.5) is 0 Å². The van der Waals surface area contributed by atoms with E-state index in [0.717, 1.165) is 34.0 Å². The molecule has 2 aromatic heterocycles. The summed E-state index contributed by atoms with van der Waals surface area (Å²) in [6, 6.07) is 31.3. The van der Waals surface area contributed by atoms with Crippen molar-refractivity contribution in [2.75, 3.05) is 0 Å². The van der Waals surface area contributed by atoms with Gasteiger partial charge in [-0.2, -0.15) is 0 Å². The Balaban J connectivity index is 1.30. The third-order valence-electron chi connectivity index (χ3n) is 13.8. The number of hydrogen-bond acceptors (Lipinski definition) is 3. The van der Waals surface area contributed by atoms with Crippen LogP contribution in [0.3, 0.4) is 0 Å². The molecule has 8 aromatic rings. The van der Waals surface area contributed by atoms with Crippen molar-refractivity contribution in [1.82, 2.24) is 19.5 Å². The minimum Gasteiger partial charge on any atom is -0.309 e. The highest BCUT2D eigenvalue weighted by Crippen LogP contribution is 2.51. The standard InChI is InChI=1S/C42H40B10N4/c1-42(2)23-12-5-3-10-19(23)21-15-22-20-11-4-6-13-25(20)56(26(22)16-24(21)42)18-9-7-8-17(14-18)39-53-40(27-29(43)33(47)37(51)34(48)30(27)44)55-41(54-39)28-31(45)35(49)38(52)36(50)32(28)46/h3-16H,43-52H2,1-2H3. The summed E-state index contributed by atoms with van der Waals surface area (Å²) >= 11 is 0. The first kappa shape index (κ1) is 36.4. The van der Waals surface area contributed by atoms with Crippen LogP contribution >= 0.6 is 0 Å². The Morgan fingerprint density at radius 3 is 1.55 bits per heavy atom. The van der Waals surface area contributed by atoms with Crippen molar-refractivity contribution in [1.29, 1.82) is 0 Å². The van der Waals surface area contributed by atoms with E-state index in [1.165, 1.54) is 98.7 Å². The van der Waals surface area contributed by atoms with Gasteiger partial charge in [-0.05, 0) is 52.6 Å². The molecule has 0 saturated heterocycles. The zero-order valence-electron chi connectivity index (χ0n) is 34.9. The van der Waals surface area contributed by atoms with E-state index < -0.39 is 0 Å². The number of benzene rings is 6. The zero-order chi connectivity index (χ0) is 39.5. The van der Waals surface area contributed by atoms with Crippen molar-refractivity contribution in [3.8, 4) is 51.0 Å². The molecule has 0 saturated carbocycles. The zero-order valence-corrected chi connectivity index (χ0v) is 34.9. The third kappa shape index (κ3) is 5.17. The summed E-state index contributed by atoms with van der Waals surface area (Å²) in [7, 11) is 22.2. The number of rotatable bonds is 4. The molecule has 0 N–H and O–H groups in total. The van der Waals surface area contributed by atoms with Crippen molar-refractivity contribution in [2.45, 2.75) is 19.3 Å². The van der Waals surface area contributed by atoms with Gasteiger partial charge >= 0.3 is 0 Å². The Kier molecular flexibility index (Phi) is 8.40. The Hall–Kier alpha value is -5.22. The molecule has 4 nitrogen and oxygen atoms in total. The second-order valence-corrected chi connectivity index (χ2v) is 16.8. The van der Waals surface area contributed by atoms with Crippen molar-refractivity contribution >= 4 is 155 Å². The number of fused-ring (bicyclic) bond motifs is 6. The first-order valence-electron chi connectivity index (χ1n) is 19.9. The molecule has 9 rings (SSSR count). The highest BCUT2D eigenvalue weighted by atomic mass is 15.0. The fourth-order valence-electron chi connectivity index (χ4n) is 9.62. The summed E-state index contributed by atoms with van der Waals surface area (Å²) in [4.78, 5) is 16.1. The lowest BCUT2D eigenvalue weighted by atomic mass is 9.60. The van der Waals surface area contributed by atoms with Gasteiger partial charge in [-0.15, -0.1) is 32.8 Å². The lowest BCUT2D eigenvalue weighted by molar-refractivity contribution is 0.661. The molecule has 0 atom stereocenters. The monoisotopic (exact) mass is 710 g/mol. The molecule has 2 heterocycles. The van der Waals surface area contributed by atoms with Gasteiger partial charge in [-0.1, -0.05) is 90.3 Å². The summed E-state index contributed by atoms with van der Waals surface area (Å²) in [5, 5.41) is 2.50. The van der Waals surface area contributed by atoms with Crippen molar-refractivity contribution in [2.24, 2.45) is 0 Å². The summed E-state index contributed by atoms with van der Waals surface area (Å²) in [6.07, 6.45) is 0.